The highest BCUT2D eigenvalue weighted by atomic mass is 32.2. The molecule has 15 N–H and O–H groups in total. The molecule has 6 aliphatic heterocycles. The van der Waals surface area contributed by atoms with Crippen molar-refractivity contribution in [2.45, 2.75) is 140 Å². The van der Waals surface area contributed by atoms with E-state index in [1.807, 2.05) is 60.7 Å². The standard InChI is InChI=1S/C23H29N7O4S2.C23H29N7O3S2.C23H29N7O2S2/c24-36(33,34)22-20(35(31,32)18-9-13-26-14-10-18)6-5-19(21(22)23-27-29-30-28-23)17-3-1-15(2-4-17)16-7-11-25-12-8-16;24-35(32,33)22-20(34(31)18-9-13-26-14-10-18)6-5-19(21(22)23-27-29-30-28-23)17-3-1-15(2-4-17)16-7-11-25-12-8-16;24-34(31,32)22-20(33-18-9-13-26-14-10-18)6-5-19(21(22)23-27-29-30-28-23)17-3-1-15(2-4-17)16-7-11-25-12-8-16/h1-6,16,18,25-26H,7-14H2,(H2,24,33,34)(H,27,28,29,30);1-6,16,18,25-26H,7-14H2,(H2,24,32,33)(H,27,28,29,30);1-6,16,18,25-26H,7-14H2,(H2,24,31,32)(H,27,28,29,30). The van der Waals surface area contributed by atoms with Crippen LogP contribution in [0.15, 0.2) is 139 Å². The van der Waals surface area contributed by atoms with E-state index in [2.05, 4.69) is 118 Å². The van der Waals surface area contributed by atoms with Crippen molar-refractivity contribution in [2.24, 2.45) is 15.4 Å². The third-order valence-electron chi connectivity index (χ3n) is 20.4. The Labute approximate surface area is 617 Å². The van der Waals surface area contributed by atoms with Gasteiger partial charge in [0.25, 0.3) is 0 Å². The summed E-state index contributed by atoms with van der Waals surface area (Å²) in [7, 11) is -18.4. The van der Waals surface area contributed by atoms with Gasteiger partial charge in [0.1, 0.15) is 14.7 Å². The fourth-order valence-electron chi connectivity index (χ4n) is 15.0. The number of sulfonamides is 3. The number of aromatic nitrogens is 12. The highest BCUT2D eigenvalue weighted by molar-refractivity contribution is 8.00. The Morgan fingerprint density at radius 2 is 0.705 bits per heavy atom. The monoisotopic (exact) mass is 1550 g/mol. The van der Waals surface area contributed by atoms with Gasteiger partial charge < -0.3 is 31.9 Å². The number of nitrogens with two attached hydrogens (primary N) is 3. The van der Waals surface area contributed by atoms with Gasteiger partial charge in [-0.3, -0.25) is 4.21 Å². The van der Waals surface area contributed by atoms with Gasteiger partial charge in [-0.15, -0.1) is 42.4 Å². The van der Waals surface area contributed by atoms with Crippen LogP contribution in [0.25, 0.3) is 67.5 Å². The third-order valence-corrected chi connectivity index (χ3v) is 29.4. The third kappa shape index (κ3) is 17.7. The number of benzene rings is 6. The molecule has 6 fully saturated rings. The minimum absolute atomic E-state index is 0.0240. The number of thioether (sulfide) groups is 1. The van der Waals surface area contributed by atoms with E-state index in [9.17, 15) is 37.9 Å². The number of H-pyrrole nitrogens is 3. The van der Waals surface area contributed by atoms with Crippen molar-refractivity contribution in [1.29, 1.82) is 0 Å². The average molecular weight is 1550 g/mol. The maximum atomic E-state index is 13.6. The van der Waals surface area contributed by atoms with Crippen molar-refractivity contribution >= 4 is 62.5 Å². The Balaban J connectivity index is 0.000000140. The summed E-state index contributed by atoms with van der Waals surface area (Å²) in [5.74, 6) is 1.76. The summed E-state index contributed by atoms with van der Waals surface area (Å²) in [5.41, 5.74) is 8.56. The second kappa shape index (κ2) is 33.7. The molecule has 0 aliphatic carbocycles. The maximum Gasteiger partial charge on any atom is 0.240 e. The number of hydrogen-bond acceptors (Lipinski definition) is 25. The Bertz CT molecular complexity index is 4930. The number of rotatable bonds is 18. The van der Waals surface area contributed by atoms with Gasteiger partial charge in [0.05, 0.1) is 42.5 Å². The van der Waals surface area contributed by atoms with Crippen LogP contribution in [-0.4, -0.2) is 194 Å². The van der Waals surface area contributed by atoms with E-state index in [1.54, 1.807) is 30.0 Å². The van der Waals surface area contributed by atoms with E-state index >= 15 is 0 Å². The summed E-state index contributed by atoms with van der Waals surface area (Å²) in [6, 6.07) is 34.5. The smallest absolute Gasteiger partial charge is 0.240 e. The highest BCUT2D eigenvalue weighted by Gasteiger charge is 2.38. The first kappa shape index (κ1) is 75.7. The molecule has 6 aromatic carbocycles. The van der Waals surface area contributed by atoms with Crippen molar-refractivity contribution in [2.75, 3.05) is 78.5 Å². The Hall–Kier alpha value is -7.53. The molecule has 0 saturated carbocycles. The molecule has 0 bridgehead atoms. The molecule has 105 heavy (non-hydrogen) atoms. The number of sulfone groups is 1. The second-order valence-corrected chi connectivity index (χ2v) is 36.8. The maximum absolute atomic E-state index is 13.6. The van der Waals surface area contributed by atoms with E-state index in [1.165, 1.54) is 22.8 Å². The number of tetrazole rings is 3. The molecule has 0 radical (unpaired) electrons. The molecular weight excluding hydrogens is 1460 g/mol. The fraction of sp³-hybridized carbons (Fsp3) is 0.435. The fourth-order valence-corrected chi connectivity index (χ4v) is 23.9. The van der Waals surface area contributed by atoms with Gasteiger partial charge in [0.15, 0.2) is 9.84 Å². The lowest BCUT2D eigenvalue weighted by atomic mass is 9.89. The van der Waals surface area contributed by atoms with Crippen molar-refractivity contribution < 1.29 is 37.9 Å². The van der Waals surface area contributed by atoms with Gasteiger partial charge in [-0.25, -0.2) is 49.1 Å². The number of piperidine rings is 6. The van der Waals surface area contributed by atoms with Gasteiger partial charge in [0.2, 0.25) is 47.5 Å². The van der Waals surface area contributed by atoms with Gasteiger partial charge in [0, 0.05) is 15.4 Å². The first-order valence-corrected chi connectivity index (χ1v) is 43.7. The van der Waals surface area contributed by atoms with E-state index in [0.29, 0.717) is 88.9 Å². The molecule has 558 valence electrons. The van der Waals surface area contributed by atoms with Gasteiger partial charge >= 0.3 is 0 Å². The van der Waals surface area contributed by atoms with Crippen molar-refractivity contribution in [3.05, 3.63) is 126 Å². The van der Waals surface area contributed by atoms with E-state index < -0.39 is 60.9 Å². The van der Waals surface area contributed by atoms with Crippen LogP contribution in [0, 0.1) is 0 Å². The number of hydrogen-bond donors (Lipinski definition) is 12. The molecule has 0 amide bonds. The molecule has 6 saturated heterocycles. The first-order valence-electron chi connectivity index (χ1n) is 35.4. The summed E-state index contributed by atoms with van der Waals surface area (Å²) in [6.07, 6.45) is 10.6. The zero-order valence-electron chi connectivity index (χ0n) is 57.7. The van der Waals surface area contributed by atoms with Gasteiger partial charge in [-0.2, -0.15) is 15.6 Å². The van der Waals surface area contributed by atoms with Crippen LogP contribution in [0.4, 0.5) is 0 Å². The molecule has 0 spiro atoms. The number of aromatic amines is 3. The molecule has 6 aliphatic rings. The molecular formula is C69H87N21O9S6. The zero-order valence-corrected chi connectivity index (χ0v) is 62.6. The van der Waals surface area contributed by atoms with Gasteiger partial charge in [-0.05, 0) is 257 Å². The number of nitrogens with zero attached hydrogens (tertiary/aromatic N) is 9. The molecule has 9 aromatic rings. The van der Waals surface area contributed by atoms with Crippen molar-refractivity contribution in [3.63, 3.8) is 0 Å². The average Bonchev–Trinajstić information content (AvgIpc) is 1.74. The van der Waals surface area contributed by atoms with Gasteiger partial charge in [-0.1, -0.05) is 91.0 Å². The molecule has 1 atom stereocenters. The summed E-state index contributed by atoms with van der Waals surface area (Å²) in [4.78, 5) is -0.138. The minimum Gasteiger partial charge on any atom is -0.317 e. The lowest BCUT2D eigenvalue weighted by molar-refractivity contribution is 0.460. The Morgan fingerprint density at radius 3 is 1.08 bits per heavy atom. The van der Waals surface area contributed by atoms with Crippen LogP contribution in [0.5, 0.6) is 0 Å². The topological polar surface area (TPSA) is 467 Å². The molecule has 15 rings (SSSR count). The van der Waals surface area contributed by atoms with Crippen molar-refractivity contribution in [3.8, 4) is 67.5 Å². The largest absolute Gasteiger partial charge is 0.317 e. The second-order valence-electron chi connectivity index (χ2n) is 27.0. The Kier molecular flexibility index (Phi) is 24.3. The van der Waals surface area contributed by atoms with Crippen molar-refractivity contribution in [1.82, 2.24) is 93.8 Å². The van der Waals surface area contributed by atoms with Crippen LogP contribution < -0.4 is 47.3 Å². The minimum atomic E-state index is -4.49. The molecule has 3 aromatic heterocycles. The molecule has 1 unspecified atom stereocenters. The summed E-state index contributed by atoms with van der Waals surface area (Å²) >= 11 is 1.56. The Morgan fingerprint density at radius 1 is 0.371 bits per heavy atom. The van der Waals surface area contributed by atoms with E-state index in [4.69, 9.17) is 15.4 Å². The molecule has 36 heteroatoms. The summed E-state index contributed by atoms with van der Waals surface area (Å²) in [5, 5.41) is 79.0. The zero-order chi connectivity index (χ0) is 73.3. The normalized spacial score (nSPS) is 18.5. The summed E-state index contributed by atoms with van der Waals surface area (Å²) < 4.78 is 118. The van der Waals surface area contributed by atoms with Crippen LogP contribution >= 0.6 is 11.8 Å². The lowest BCUT2D eigenvalue weighted by Crippen LogP contribution is -2.36. The van der Waals surface area contributed by atoms with Crippen LogP contribution in [0.2, 0.25) is 0 Å². The SMILES string of the molecule is NS(=O)(=O)c1c(S(=O)(=O)C2CCNCC2)ccc(-c2ccc(C3CCNCC3)cc2)c1-c1nn[nH]n1.NS(=O)(=O)c1c(S(=O)C2CCNCC2)ccc(-c2ccc(C3CCNCC3)cc2)c1-c1nn[nH]n1.NS(=O)(=O)c1c(SC2CCNCC2)ccc(-c2ccc(C3CCNCC3)cc2)c1-c1nn[nH]n1. The van der Waals surface area contributed by atoms with Crippen LogP contribution in [0.1, 0.15) is 111 Å². The molecule has 9 heterocycles. The van der Waals surface area contributed by atoms with Crippen LogP contribution in [-0.2, 0) is 50.7 Å². The summed E-state index contributed by atoms with van der Waals surface area (Å²) in [6.45, 7) is 10.4. The predicted octanol–water partition coefficient (Wildman–Crippen LogP) is 5.17. The quantitative estimate of drug-likeness (QED) is 0.0527. The molecule has 30 nitrogen and oxygen atoms in total. The van der Waals surface area contributed by atoms with E-state index in [-0.39, 0.29) is 53.4 Å². The van der Waals surface area contributed by atoms with Crippen LogP contribution in [0.3, 0.4) is 0 Å². The number of primary sulfonamides is 3. The highest BCUT2D eigenvalue weighted by Crippen LogP contribution is 2.46. The number of nitrogens with one attached hydrogen (secondary N) is 9. The first-order chi connectivity index (χ1) is 50.7. The predicted molar refractivity (Wildman–Crippen MR) is 401 cm³/mol. The lowest BCUT2D eigenvalue weighted by Gasteiger charge is -2.25. The van der Waals surface area contributed by atoms with E-state index in [0.717, 1.165) is 134 Å².